The number of imide groups is 1. The van der Waals surface area contributed by atoms with E-state index in [1.165, 1.54) is 39.5 Å². The first-order chi connectivity index (χ1) is 18.2. The summed E-state index contributed by atoms with van der Waals surface area (Å²) in [6, 6.07) is 10.8. The highest BCUT2D eigenvalue weighted by Gasteiger charge is 2.40. The number of carbonyl (C=O) groups excluding carboxylic acids is 4. The van der Waals surface area contributed by atoms with Crippen molar-refractivity contribution >= 4 is 63.1 Å². The summed E-state index contributed by atoms with van der Waals surface area (Å²) in [6.07, 6.45) is 0. The van der Waals surface area contributed by atoms with Crippen molar-refractivity contribution in [3.8, 4) is 11.5 Å². The summed E-state index contributed by atoms with van der Waals surface area (Å²) < 4.78 is 15.2. The van der Waals surface area contributed by atoms with Crippen LogP contribution in [0.5, 0.6) is 11.5 Å². The average Bonchev–Trinajstić information content (AvgIpc) is 3.39. The van der Waals surface area contributed by atoms with Gasteiger partial charge in [-0.25, -0.2) is 14.7 Å². The number of methoxy groups -OCH3 is 3. The highest BCUT2D eigenvalue weighted by atomic mass is 35.5. The molecule has 0 atom stereocenters. The van der Waals surface area contributed by atoms with Crippen LogP contribution in [0, 0.1) is 6.92 Å². The number of aromatic nitrogens is 1. The number of carbonyl (C=O) groups is 4. The monoisotopic (exact) mass is 556 g/mol. The van der Waals surface area contributed by atoms with E-state index in [0.717, 1.165) is 16.2 Å². The number of benzene rings is 2. The smallest absolute Gasteiger partial charge is 0.350 e. The van der Waals surface area contributed by atoms with Gasteiger partial charge in [0.15, 0.2) is 5.13 Å². The SMILES string of the molecule is COC(=O)c1sc(NC(=O)c2ccc(NC3=C(Cl)C(=O)N(c4ccc(OC)cc4OC)C3=O)cc2)nc1C. The number of aryl methyl sites for hydroxylation is 1. The van der Waals surface area contributed by atoms with E-state index < -0.39 is 23.7 Å². The molecular weight excluding hydrogens is 536 g/mol. The van der Waals surface area contributed by atoms with Gasteiger partial charge in [-0.2, -0.15) is 0 Å². The van der Waals surface area contributed by atoms with Crippen LogP contribution in [0.3, 0.4) is 0 Å². The quantitative estimate of drug-likeness (QED) is 0.312. The van der Waals surface area contributed by atoms with Crippen LogP contribution >= 0.6 is 22.9 Å². The van der Waals surface area contributed by atoms with Gasteiger partial charge >= 0.3 is 5.97 Å². The number of esters is 1. The zero-order chi connectivity index (χ0) is 27.6. The Balaban J connectivity index is 1.48. The van der Waals surface area contributed by atoms with Gasteiger partial charge in [-0.05, 0) is 43.3 Å². The highest BCUT2D eigenvalue weighted by molar-refractivity contribution is 7.17. The molecule has 38 heavy (non-hydrogen) atoms. The Kier molecular flexibility index (Phi) is 7.65. The van der Waals surface area contributed by atoms with E-state index in [1.54, 1.807) is 31.2 Å². The van der Waals surface area contributed by atoms with Gasteiger partial charge in [-0.1, -0.05) is 22.9 Å². The Bertz CT molecular complexity index is 1480. The number of halogens is 1. The molecule has 0 saturated carbocycles. The second kappa shape index (κ2) is 10.9. The summed E-state index contributed by atoms with van der Waals surface area (Å²) in [5.74, 6) is -1.65. The lowest BCUT2D eigenvalue weighted by molar-refractivity contribution is -0.120. The van der Waals surface area contributed by atoms with Crippen molar-refractivity contribution in [2.24, 2.45) is 0 Å². The van der Waals surface area contributed by atoms with Gasteiger partial charge in [-0.3, -0.25) is 19.7 Å². The van der Waals surface area contributed by atoms with Gasteiger partial charge in [0.05, 0.1) is 32.7 Å². The normalized spacial score (nSPS) is 13.0. The molecule has 0 bridgehead atoms. The summed E-state index contributed by atoms with van der Waals surface area (Å²) >= 11 is 7.23. The zero-order valence-corrected chi connectivity index (χ0v) is 22.2. The maximum atomic E-state index is 13.1. The lowest BCUT2D eigenvalue weighted by atomic mass is 10.2. The van der Waals surface area contributed by atoms with E-state index in [4.69, 9.17) is 25.8 Å². The minimum Gasteiger partial charge on any atom is -0.497 e. The van der Waals surface area contributed by atoms with E-state index in [9.17, 15) is 19.2 Å². The molecule has 2 heterocycles. The molecule has 13 heteroatoms. The minimum absolute atomic E-state index is 0.125. The molecule has 2 N–H and O–H groups in total. The molecule has 1 aliphatic rings. The minimum atomic E-state index is -0.719. The third-order valence-electron chi connectivity index (χ3n) is 5.46. The second-order valence-corrected chi connectivity index (χ2v) is 9.13. The molecular formula is C25H21ClN4O7S. The molecule has 2 aromatic carbocycles. The van der Waals surface area contributed by atoms with Crippen LogP contribution in [-0.4, -0.2) is 50.0 Å². The van der Waals surface area contributed by atoms with Crippen LogP contribution in [-0.2, 0) is 14.3 Å². The number of rotatable bonds is 8. The maximum absolute atomic E-state index is 13.1. The van der Waals surface area contributed by atoms with Crippen molar-refractivity contribution in [3.63, 3.8) is 0 Å². The fourth-order valence-electron chi connectivity index (χ4n) is 3.55. The van der Waals surface area contributed by atoms with Crippen molar-refractivity contribution in [2.75, 3.05) is 36.9 Å². The number of hydrogen-bond donors (Lipinski definition) is 2. The van der Waals surface area contributed by atoms with Crippen molar-refractivity contribution in [3.05, 3.63) is 69.3 Å². The van der Waals surface area contributed by atoms with Crippen LogP contribution in [0.4, 0.5) is 16.5 Å². The van der Waals surface area contributed by atoms with Gasteiger partial charge in [0.1, 0.15) is 27.1 Å². The molecule has 0 saturated heterocycles. The highest BCUT2D eigenvalue weighted by Crippen LogP contribution is 2.37. The number of hydrogen-bond acceptors (Lipinski definition) is 10. The van der Waals surface area contributed by atoms with Crippen molar-refractivity contribution < 1.29 is 33.4 Å². The van der Waals surface area contributed by atoms with Gasteiger partial charge < -0.3 is 19.5 Å². The van der Waals surface area contributed by atoms with E-state index in [2.05, 4.69) is 15.6 Å². The second-order valence-electron chi connectivity index (χ2n) is 7.75. The molecule has 4 rings (SSSR count). The first-order valence-electron chi connectivity index (χ1n) is 10.9. The molecule has 0 aliphatic carbocycles. The Morgan fingerprint density at radius 1 is 1.00 bits per heavy atom. The number of thiazole rings is 1. The van der Waals surface area contributed by atoms with Gasteiger partial charge in [-0.15, -0.1) is 0 Å². The lowest BCUT2D eigenvalue weighted by Gasteiger charge is -2.18. The first-order valence-corrected chi connectivity index (χ1v) is 12.1. The van der Waals surface area contributed by atoms with Crippen molar-refractivity contribution in [1.82, 2.24) is 4.98 Å². The van der Waals surface area contributed by atoms with E-state index in [-0.39, 0.29) is 27.3 Å². The molecule has 1 aromatic heterocycles. The van der Waals surface area contributed by atoms with Crippen molar-refractivity contribution in [1.29, 1.82) is 0 Å². The van der Waals surface area contributed by atoms with Crippen LogP contribution < -0.4 is 25.0 Å². The van der Waals surface area contributed by atoms with Gasteiger partial charge in [0.25, 0.3) is 17.7 Å². The Morgan fingerprint density at radius 2 is 1.71 bits per heavy atom. The predicted octanol–water partition coefficient (Wildman–Crippen LogP) is 3.94. The molecule has 3 aromatic rings. The standard InChI is InChI=1S/C25H21ClN4O7S/c1-12-20(24(34)37-4)38-25(27-12)29-21(31)13-5-7-14(8-6-13)28-19-18(26)22(32)30(23(19)33)16-10-9-15(35-2)11-17(16)36-3/h5-11,28H,1-4H3,(H,27,29,31). The molecule has 0 radical (unpaired) electrons. The Morgan fingerprint density at radius 3 is 2.34 bits per heavy atom. The summed E-state index contributed by atoms with van der Waals surface area (Å²) in [7, 11) is 4.15. The predicted molar refractivity (Wildman–Crippen MR) is 141 cm³/mol. The van der Waals surface area contributed by atoms with E-state index in [0.29, 0.717) is 27.6 Å². The molecule has 0 unspecified atom stereocenters. The van der Waals surface area contributed by atoms with Gasteiger partial charge in [0.2, 0.25) is 0 Å². The summed E-state index contributed by atoms with van der Waals surface area (Å²) in [6.45, 7) is 1.64. The zero-order valence-electron chi connectivity index (χ0n) is 20.6. The van der Waals surface area contributed by atoms with Crippen LogP contribution in [0.2, 0.25) is 0 Å². The fourth-order valence-corrected chi connectivity index (χ4v) is 4.64. The van der Waals surface area contributed by atoms with E-state index >= 15 is 0 Å². The fraction of sp³-hybridized carbons (Fsp3) is 0.160. The topological polar surface area (TPSA) is 136 Å². The first kappa shape index (κ1) is 26.6. The Labute approximate surface area is 226 Å². The van der Waals surface area contributed by atoms with Gasteiger partial charge in [0, 0.05) is 17.3 Å². The van der Waals surface area contributed by atoms with Crippen LogP contribution in [0.15, 0.2) is 53.2 Å². The maximum Gasteiger partial charge on any atom is 0.350 e. The molecule has 196 valence electrons. The largest absolute Gasteiger partial charge is 0.497 e. The molecule has 11 nitrogen and oxygen atoms in total. The Hall–Kier alpha value is -4.42. The molecule has 1 aliphatic heterocycles. The average molecular weight is 557 g/mol. The van der Waals surface area contributed by atoms with Crippen LogP contribution in [0.25, 0.3) is 0 Å². The van der Waals surface area contributed by atoms with E-state index in [1.807, 2.05) is 0 Å². The third kappa shape index (κ3) is 5.04. The number of nitrogens with zero attached hydrogens (tertiary/aromatic N) is 2. The number of amides is 3. The lowest BCUT2D eigenvalue weighted by Crippen LogP contribution is -2.32. The number of ether oxygens (including phenoxy) is 3. The molecule has 0 spiro atoms. The van der Waals surface area contributed by atoms with Crippen LogP contribution in [0.1, 0.15) is 25.7 Å². The number of anilines is 3. The number of nitrogens with one attached hydrogen (secondary N) is 2. The molecule has 3 amide bonds. The summed E-state index contributed by atoms with van der Waals surface area (Å²) in [4.78, 5) is 55.8. The summed E-state index contributed by atoms with van der Waals surface area (Å²) in [5.41, 5.74) is 1.23. The van der Waals surface area contributed by atoms with Crippen molar-refractivity contribution in [2.45, 2.75) is 6.92 Å². The summed E-state index contributed by atoms with van der Waals surface area (Å²) in [5, 5.41) is 5.44. The molecule has 0 fully saturated rings. The third-order valence-corrected chi connectivity index (χ3v) is 6.86.